The van der Waals surface area contributed by atoms with Crippen molar-refractivity contribution in [2.75, 3.05) is 6.79 Å². The van der Waals surface area contributed by atoms with Crippen molar-refractivity contribution in [3.8, 4) is 22.9 Å². The van der Waals surface area contributed by atoms with E-state index >= 15 is 0 Å². The van der Waals surface area contributed by atoms with Gasteiger partial charge in [-0.15, -0.1) is 5.10 Å². The average molecular weight is 383 g/mol. The second-order valence-corrected chi connectivity index (χ2v) is 7.18. The van der Waals surface area contributed by atoms with Gasteiger partial charge in [-0.1, -0.05) is 17.8 Å². The predicted octanol–water partition coefficient (Wildman–Crippen LogP) is 2.39. The molecule has 0 bridgehead atoms. The van der Waals surface area contributed by atoms with Crippen LogP contribution in [-0.2, 0) is 11.3 Å². The summed E-state index contributed by atoms with van der Waals surface area (Å²) in [7, 11) is 0. The maximum Gasteiger partial charge on any atom is 0.233 e. The van der Waals surface area contributed by atoms with E-state index in [0.29, 0.717) is 23.3 Å². The van der Waals surface area contributed by atoms with Crippen molar-refractivity contribution in [2.24, 2.45) is 0 Å². The van der Waals surface area contributed by atoms with Crippen molar-refractivity contribution in [3.05, 3.63) is 48.3 Å². The molecule has 0 fully saturated rings. The average Bonchev–Trinajstić information content (AvgIpc) is 3.35. The van der Waals surface area contributed by atoms with Gasteiger partial charge in [0.05, 0.1) is 5.25 Å². The highest BCUT2D eigenvalue weighted by Crippen LogP contribution is 2.32. The minimum Gasteiger partial charge on any atom is -0.454 e. The molecule has 2 aromatic heterocycles. The van der Waals surface area contributed by atoms with Gasteiger partial charge in [0.25, 0.3) is 0 Å². The molecule has 1 aromatic carbocycles. The van der Waals surface area contributed by atoms with E-state index in [4.69, 9.17) is 9.47 Å². The molecule has 3 aromatic rings. The highest BCUT2D eigenvalue weighted by molar-refractivity contribution is 8.00. The first kappa shape index (κ1) is 17.3. The third-order valence-electron chi connectivity index (χ3n) is 3.97. The fraction of sp³-hybridized carbons (Fsp3) is 0.222. The van der Waals surface area contributed by atoms with Crippen LogP contribution in [0.15, 0.2) is 47.9 Å². The van der Waals surface area contributed by atoms with Gasteiger partial charge in [0.15, 0.2) is 17.3 Å². The Kier molecular flexibility index (Phi) is 4.93. The van der Waals surface area contributed by atoms with E-state index in [1.807, 2.05) is 37.3 Å². The molecule has 4 rings (SSSR count). The zero-order valence-electron chi connectivity index (χ0n) is 14.5. The Balaban J connectivity index is 1.32. The van der Waals surface area contributed by atoms with Crippen LogP contribution in [0.5, 0.6) is 11.5 Å². The lowest BCUT2D eigenvalue weighted by atomic mass is 10.2. The number of nitrogens with one attached hydrogen (secondary N) is 2. The summed E-state index contributed by atoms with van der Waals surface area (Å²) in [5.41, 5.74) is 1.84. The predicted molar refractivity (Wildman–Crippen MR) is 99.3 cm³/mol. The summed E-state index contributed by atoms with van der Waals surface area (Å²) >= 11 is 1.30. The number of rotatable bonds is 6. The number of hydrogen-bond acceptors (Lipinski definition) is 7. The Morgan fingerprint density at radius 2 is 2.07 bits per heavy atom. The first-order valence-corrected chi connectivity index (χ1v) is 9.23. The summed E-state index contributed by atoms with van der Waals surface area (Å²) < 4.78 is 10.6. The van der Waals surface area contributed by atoms with Crippen LogP contribution in [0.1, 0.15) is 12.5 Å². The van der Waals surface area contributed by atoms with Gasteiger partial charge in [0.2, 0.25) is 17.9 Å². The monoisotopic (exact) mass is 383 g/mol. The van der Waals surface area contributed by atoms with Crippen LogP contribution in [0, 0.1) is 0 Å². The highest BCUT2D eigenvalue weighted by Gasteiger charge is 2.18. The standard InChI is InChI=1S/C18H17N5O3S/c1-11(27-18-21-16(22-23-18)13-4-6-19-7-5-13)17(24)20-9-12-2-3-14-15(8-12)26-10-25-14/h2-8,11H,9-10H2,1H3,(H,20,24)(H,21,22,23). The molecule has 2 N–H and O–H groups in total. The van der Waals surface area contributed by atoms with E-state index in [1.54, 1.807) is 12.4 Å². The fourth-order valence-electron chi connectivity index (χ4n) is 2.53. The number of pyridine rings is 1. The number of ether oxygens (including phenoxy) is 2. The zero-order valence-corrected chi connectivity index (χ0v) is 15.3. The number of hydrogen-bond donors (Lipinski definition) is 2. The number of thioether (sulfide) groups is 1. The first-order chi connectivity index (χ1) is 13.2. The number of benzene rings is 1. The van der Waals surface area contributed by atoms with E-state index in [2.05, 4.69) is 25.5 Å². The molecule has 0 spiro atoms. The fourth-order valence-corrected chi connectivity index (χ4v) is 3.28. The molecule has 0 radical (unpaired) electrons. The quantitative estimate of drug-likeness (QED) is 0.630. The van der Waals surface area contributed by atoms with E-state index < -0.39 is 0 Å². The van der Waals surface area contributed by atoms with Crippen LogP contribution >= 0.6 is 11.8 Å². The summed E-state index contributed by atoms with van der Waals surface area (Å²) in [6, 6.07) is 9.31. The molecular weight excluding hydrogens is 366 g/mol. The van der Waals surface area contributed by atoms with Gasteiger partial charge in [-0.3, -0.25) is 14.9 Å². The van der Waals surface area contributed by atoms with Crippen LogP contribution in [0.25, 0.3) is 11.4 Å². The SMILES string of the molecule is CC(Sc1n[nH]c(-c2ccncc2)n1)C(=O)NCc1ccc2c(c1)OCO2. The zero-order chi connectivity index (χ0) is 18.6. The van der Waals surface area contributed by atoms with Gasteiger partial charge >= 0.3 is 0 Å². The maximum atomic E-state index is 12.4. The Morgan fingerprint density at radius 1 is 1.26 bits per heavy atom. The van der Waals surface area contributed by atoms with Gasteiger partial charge in [0, 0.05) is 24.5 Å². The van der Waals surface area contributed by atoms with E-state index in [-0.39, 0.29) is 18.0 Å². The van der Waals surface area contributed by atoms with Crippen molar-refractivity contribution in [1.29, 1.82) is 0 Å². The number of aromatic amines is 1. The molecule has 9 heteroatoms. The van der Waals surface area contributed by atoms with E-state index in [9.17, 15) is 4.79 Å². The number of carbonyl (C=O) groups excluding carboxylic acids is 1. The molecule has 0 saturated carbocycles. The van der Waals surface area contributed by atoms with Crippen LogP contribution in [0.4, 0.5) is 0 Å². The van der Waals surface area contributed by atoms with Crippen molar-refractivity contribution in [2.45, 2.75) is 23.9 Å². The molecule has 1 aliphatic rings. The number of fused-ring (bicyclic) bond motifs is 1. The van der Waals surface area contributed by atoms with Crippen LogP contribution in [-0.4, -0.2) is 38.1 Å². The molecule has 138 valence electrons. The molecule has 8 nitrogen and oxygen atoms in total. The number of amides is 1. The molecule has 0 saturated heterocycles. The largest absolute Gasteiger partial charge is 0.454 e. The number of nitrogens with zero attached hydrogens (tertiary/aromatic N) is 3. The van der Waals surface area contributed by atoms with E-state index in [1.165, 1.54) is 11.8 Å². The topological polar surface area (TPSA) is 102 Å². The van der Waals surface area contributed by atoms with Crippen LogP contribution in [0.2, 0.25) is 0 Å². The van der Waals surface area contributed by atoms with Gasteiger partial charge in [-0.05, 0) is 36.8 Å². The molecule has 27 heavy (non-hydrogen) atoms. The van der Waals surface area contributed by atoms with E-state index in [0.717, 1.165) is 16.9 Å². The maximum absolute atomic E-state index is 12.4. The normalized spacial score (nSPS) is 13.4. The second-order valence-electron chi connectivity index (χ2n) is 5.87. The Morgan fingerprint density at radius 3 is 2.93 bits per heavy atom. The van der Waals surface area contributed by atoms with Gasteiger partial charge in [-0.2, -0.15) is 0 Å². The second kappa shape index (κ2) is 7.67. The third-order valence-corrected chi connectivity index (χ3v) is 4.93. The first-order valence-electron chi connectivity index (χ1n) is 8.35. The molecular formula is C18H17N5O3S. The molecule has 1 atom stereocenters. The number of H-pyrrole nitrogens is 1. The van der Waals surface area contributed by atoms with Gasteiger partial charge in [0.1, 0.15) is 0 Å². The van der Waals surface area contributed by atoms with Crippen molar-refractivity contribution in [1.82, 2.24) is 25.5 Å². The highest BCUT2D eigenvalue weighted by atomic mass is 32.2. The summed E-state index contributed by atoms with van der Waals surface area (Å²) in [6.45, 7) is 2.47. The van der Waals surface area contributed by atoms with Crippen molar-refractivity contribution in [3.63, 3.8) is 0 Å². The summed E-state index contributed by atoms with van der Waals surface area (Å²) in [4.78, 5) is 20.8. The third kappa shape index (κ3) is 4.03. The number of carbonyl (C=O) groups is 1. The molecule has 0 aliphatic carbocycles. The Bertz CT molecular complexity index is 947. The summed E-state index contributed by atoms with van der Waals surface area (Å²) in [6.07, 6.45) is 3.38. The van der Waals surface area contributed by atoms with Gasteiger partial charge in [-0.25, -0.2) is 4.98 Å². The lowest BCUT2D eigenvalue weighted by molar-refractivity contribution is -0.120. The minimum absolute atomic E-state index is 0.0899. The minimum atomic E-state index is -0.333. The van der Waals surface area contributed by atoms with Crippen LogP contribution < -0.4 is 14.8 Å². The van der Waals surface area contributed by atoms with Crippen molar-refractivity contribution >= 4 is 17.7 Å². The molecule has 3 heterocycles. The smallest absolute Gasteiger partial charge is 0.233 e. The van der Waals surface area contributed by atoms with Gasteiger partial charge < -0.3 is 14.8 Å². The lowest BCUT2D eigenvalue weighted by Gasteiger charge is -2.10. The Labute approximate surface area is 159 Å². The summed E-state index contributed by atoms with van der Waals surface area (Å²) in [5.74, 6) is 1.98. The molecule has 1 unspecified atom stereocenters. The van der Waals surface area contributed by atoms with Crippen LogP contribution in [0.3, 0.4) is 0 Å². The molecule has 1 aliphatic heterocycles. The molecule has 1 amide bonds. The Hall–Kier alpha value is -3.07. The summed E-state index contributed by atoms with van der Waals surface area (Å²) in [5, 5.41) is 10.2. The lowest BCUT2D eigenvalue weighted by Crippen LogP contribution is -2.30. The van der Waals surface area contributed by atoms with Crippen molar-refractivity contribution < 1.29 is 14.3 Å². The number of aromatic nitrogens is 4.